The monoisotopic (exact) mass is 292 g/mol. The van der Waals surface area contributed by atoms with Gasteiger partial charge in [-0.2, -0.15) is 0 Å². The number of aromatic nitrogens is 2. The first-order chi connectivity index (χ1) is 9.67. The van der Waals surface area contributed by atoms with Crippen molar-refractivity contribution in [1.82, 2.24) is 20.0 Å². The summed E-state index contributed by atoms with van der Waals surface area (Å²) in [5.41, 5.74) is 2.43. The van der Waals surface area contributed by atoms with Crippen LogP contribution in [0.3, 0.4) is 0 Å². The van der Waals surface area contributed by atoms with E-state index in [1.807, 2.05) is 18.2 Å². The number of nitrogens with one attached hydrogen (secondary N) is 3. The summed E-state index contributed by atoms with van der Waals surface area (Å²) in [5.74, 6) is 0. The van der Waals surface area contributed by atoms with E-state index >= 15 is 0 Å². The molecule has 0 amide bonds. The molecule has 1 atom stereocenters. The lowest BCUT2D eigenvalue weighted by atomic mass is 9.95. The van der Waals surface area contributed by atoms with Gasteiger partial charge < -0.3 is 10.3 Å². The van der Waals surface area contributed by atoms with Gasteiger partial charge in [0.25, 0.3) is 10.0 Å². The van der Waals surface area contributed by atoms with Crippen molar-refractivity contribution in [2.45, 2.75) is 17.5 Å². The van der Waals surface area contributed by atoms with Gasteiger partial charge >= 0.3 is 0 Å². The number of benzene rings is 1. The van der Waals surface area contributed by atoms with Gasteiger partial charge in [-0.1, -0.05) is 24.3 Å². The van der Waals surface area contributed by atoms with Crippen molar-refractivity contribution in [2.24, 2.45) is 0 Å². The van der Waals surface area contributed by atoms with Gasteiger partial charge in [0.2, 0.25) is 0 Å². The Morgan fingerprint density at radius 2 is 2.20 bits per heavy atom. The van der Waals surface area contributed by atoms with Crippen LogP contribution in [0.15, 0.2) is 41.8 Å². The molecule has 0 saturated heterocycles. The highest BCUT2D eigenvalue weighted by atomic mass is 32.2. The number of hydrogen-bond acceptors (Lipinski definition) is 4. The number of H-pyrrole nitrogens is 1. The van der Waals surface area contributed by atoms with Crippen LogP contribution < -0.4 is 10.0 Å². The molecule has 1 aromatic heterocycles. The summed E-state index contributed by atoms with van der Waals surface area (Å²) in [7, 11) is -3.53. The fourth-order valence-corrected chi connectivity index (χ4v) is 3.38. The summed E-state index contributed by atoms with van der Waals surface area (Å²) in [4.78, 5) is 6.33. The van der Waals surface area contributed by atoms with Crippen LogP contribution >= 0.6 is 0 Å². The standard InChI is InChI=1S/C13H16N4O2S/c18-20(19,13-8-14-9-16-13)17-7-12-11-4-2-1-3-10(11)5-6-15-12/h1-4,8-9,12,15,17H,5-7H2,(H,14,16). The molecule has 7 heteroatoms. The molecule has 0 saturated carbocycles. The largest absolute Gasteiger partial charge is 0.335 e. The third kappa shape index (κ3) is 2.60. The number of hydrogen-bond donors (Lipinski definition) is 3. The van der Waals surface area contributed by atoms with Crippen LogP contribution in [0.5, 0.6) is 0 Å². The van der Waals surface area contributed by atoms with Gasteiger partial charge in [-0.25, -0.2) is 18.1 Å². The lowest BCUT2D eigenvalue weighted by Gasteiger charge is -2.26. The van der Waals surface area contributed by atoms with E-state index in [0.717, 1.165) is 18.5 Å². The zero-order valence-electron chi connectivity index (χ0n) is 10.8. The van der Waals surface area contributed by atoms with Gasteiger partial charge in [0.05, 0.1) is 12.5 Å². The molecule has 1 aliphatic rings. The molecule has 1 unspecified atom stereocenters. The van der Waals surface area contributed by atoms with Gasteiger partial charge in [-0.05, 0) is 24.1 Å². The molecular formula is C13H16N4O2S. The molecule has 0 aliphatic carbocycles. The molecule has 3 N–H and O–H groups in total. The minimum absolute atomic E-state index is 0.00218. The topological polar surface area (TPSA) is 86.9 Å². The predicted octanol–water partition coefficient (Wildman–Crippen LogP) is 0.575. The average Bonchev–Trinajstić information content (AvgIpc) is 3.00. The smallest absolute Gasteiger partial charge is 0.257 e. The fraction of sp³-hybridized carbons (Fsp3) is 0.308. The molecule has 6 nitrogen and oxygen atoms in total. The number of nitrogens with zero attached hydrogens (tertiary/aromatic N) is 1. The Morgan fingerprint density at radius 1 is 1.35 bits per heavy atom. The average molecular weight is 292 g/mol. The molecular weight excluding hydrogens is 276 g/mol. The normalized spacial score (nSPS) is 18.7. The zero-order valence-corrected chi connectivity index (χ0v) is 11.7. The Labute approximate surface area is 117 Å². The number of imidazole rings is 1. The summed E-state index contributed by atoms with van der Waals surface area (Å²) >= 11 is 0. The van der Waals surface area contributed by atoms with E-state index in [-0.39, 0.29) is 11.1 Å². The molecule has 0 bridgehead atoms. The van der Waals surface area contributed by atoms with Crippen molar-refractivity contribution in [1.29, 1.82) is 0 Å². The number of aromatic amines is 1. The van der Waals surface area contributed by atoms with Crippen LogP contribution in [0.1, 0.15) is 17.2 Å². The van der Waals surface area contributed by atoms with E-state index in [2.05, 4.69) is 26.1 Å². The Morgan fingerprint density at radius 3 is 3.00 bits per heavy atom. The maximum atomic E-state index is 12.0. The van der Waals surface area contributed by atoms with Crippen molar-refractivity contribution < 1.29 is 8.42 Å². The maximum absolute atomic E-state index is 12.0. The molecule has 0 radical (unpaired) electrons. The molecule has 1 aromatic carbocycles. The maximum Gasteiger partial charge on any atom is 0.257 e. The van der Waals surface area contributed by atoms with E-state index in [0.29, 0.717) is 6.54 Å². The second-order valence-electron chi connectivity index (χ2n) is 4.72. The molecule has 0 spiro atoms. The Hall–Kier alpha value is -1.70. The highest BCUT2D eigenvalue weighted by molar-refractivity contribution is 7.89. The number of rotatable bonds is 4. The first kappa shape index (κ1) is 13.3. The van der Waals surface area contributed by atoms with Crippen molar-refractivity contribution in [3.63, 3.8) is 0 Å². The van der Waals surface area contributed by atoms with E-state index in [1.54, 1.807) is 0 Å². The summed E-state index contributed by atoms with van der Waals surface area (Å²) in [6.45, 7) is 1.17. The minimum Gasteiger partial charge on any atom is -0.335 e. The van der Waals surface area contributed by atoms with Gasteiger partial charge in [-0.15, -0.1) is 0 Å². The van der Waals surface area contributed by atoms with Crippen molar-refractivity contribution in [3.05, 3.63) is 47.9 Å². The quantitative estimate of drug-likeness (QED) is 0.769. The first-order valence-corrected chi connectivity index (χ1v) is 7.94. The summed E-state index contributed by atoms with van der Waals surface area (Å²) in [6.07, 6.45) is 3.62. The fourth-order valence-electron chi connectivity index (χ4n) is 2.44. The lowest BCUT2D eigenvalue weighted by Crippen LogP contribution is -2.38. The summed E-state index contributed by atoms with van der Waals surface area (Å²) in [6, 6.07) is 8.11. The van der Waals surface area contributed by atoms with Gasteiger partial charge in [-0.3, -0.25) is 0 Å². The Balaban J connectivity index is 1.74. The van der Waals surface area contributed by atoms with Crippen LogP contribution in [0.4, 0.5) is 0 Å². The van der Waals surface area contributed by atoms with E-state index < -0.39 is 10.0 Å². The third-order valence-electron chi connectivity index (χ3n) is 3.46. The summed E-state index contributed by atoms with van der Waals surface area (Å²) < 4.78 is 26.7. The lowest BCUT2D eigenvalue weighted by molar-refractivity contribution is 0.491. The molecule has 2 aromatic rings. The SMILES string of the molecule is O=S(=O)(NCC1NCCc2ccccc21)c1cnc[nH]1. The van der Waals surface area contributed by atoms with Crippen LogP contribution in [-0.2, 0) is 16.4 Å². The van der Waals surface area contributed by atoms with E-state index in [9.17, 15) is 8.42 Å². The molecule has 0 fully saturated rings. The van der Waals surface area contributed by atoms with Gasteiger partial charge in [0, 0.05) is 12.6 Å². The molecule has 20 heavy (non-hydrogen) atoms. The molecule has 2 heterocycles. The van der Waals surface area contributed by atoms with Crippen LogP contribution in [-0.4, -0.2) is 31.5 Å². The van der Waals surface area contributed by atoms with Crippen molar-refractivity contribution in [2.75, 3.05) is 13.1 Å². The van der Waals surface area contributed by atoms with Crippen molar-refractivity contribution >= 4 is 10.0 Å². The Bertz CT molecular complexity index is 682. The van der Waals surface area contributed by atoms with Crippen molar-refractivity contribution in [3.8, 4) is 0 Å². The molecule has 106 valence electrons. The van der Waals surface area contributed by atoms with Gasteiger partial charge in [0.1, 0.15) is 0 Å². The van der Waals surface area contributed by atoms with Gasteiger partial charge in [0.15, 0.2) is 5.03 Å². The first-order valence-electron chi connectivity index (χ1n) is 6.46. The number of sulfonamides is 1. The van der Waals surface area contributed by atoms with Crippen LogP contribution in [0, 0.1) is 0 Å². The minimum atomic E-state index is -3.53. The zero-order chi connectivity index (χ0) is 14.0. The van der Waals surface area contributed by atoms with E-state index in [1.165, 1.54) is 18.1 Å². The highest BCUT2D eigenvalue weighted by Gasteiger charge is 2.22. The molecule has 1 aliphatic heterocycles. The number of fused-ring (bicyclic) bond motifs is 1. The van der Waals surface area contributed by atoms with Crippen LogP contribution in [0.25, 0.3) is 0 Å². The second-order valence-corrected chi connectivity index (χ2v) is 6.46. The van der Waals surface area contributed by atoms with Crippen LogP contribution in [0.2, 0.25) is 0 Å². The van der Waals surface area contributed by atoms with E-state index in [4.69, 9.17) is 0 Å². The third-order valence-corrected chi connectivity index (χ3v) is 4.80. The summed E-state index contributed by atoms with van der Waals surface area (Å²) in [5, 5.41) is 3.43. The predicted molar refractivity (Wildman–Crippen MR) is 74.7 cm³/mol. The highest BCUT2D eigenvalue weighted by Crippen LogP contribution is 2.22. The Kier molecular flexibility index (Phi) is 3.56. The molecule has 3 rings (SSSR count). The second kappa shape index (κ2) is 5.35.